The van der Waals surface area contributed by atoms with Crippen molar-refractivity contribution in [3.8, 4) is 28.6 Å². The molecule has 2 N–H and O–H groups in total. The van der Waals surface area contributed by atoms with E-state index in [0.717, 1.165) is 16.8 Å². The van der Waals surface area contributed by atoms with E-state index in [0.29, 0.717) is 47.3 Å². The molecule has 0 atom stereocenters. The standard InChI is InChI=1S/C30H29N3O5/c1-20(34)31-24-13-11-22(12-14-24)30(35)32-25-7-4-6-23(19-25)26-8-5-9-29(33-26)38-17-16-21-10-15-27(36-2)28(18-21)37-3/h4-15,18-19H,16-17H2,1-3H3,(H,31,34)(H,32,35). The molecule has 4 aromatic rings. The number of benzene rings is 3. The van der Waals surface area contributed by atoms with Crippen LogP contribution in [0.15, 0.2) is 84.9 Å². The van der Waals surface area contributed by atoms with Crippen molar-refractivity contribution >= 4 is 23.2 Å². The van der Waals surface area contributed by atoms with Crippen LogP contribution in [-0.2, 0) is 11.2 Å². The number of nitrogens with zero attached hydrogens (tertiary/aromatic N) is 1. The average molecular weight is 512 g/mol. The predicted molar refractivity (Wildman–Crippen MR) is 147 cm³/mol. The SMILES string of the molecule is COc1ccc(CCOc2cccc(-c3cccc(NC(=O)c4ccc(NC(C)=O)cc4)c3)n2)cc1OC. The second-order valence-electron chi connectivity index (χ2n) is 8.44. The van der Waals surface area contributed by atoms with Crippen molar-refractivity contribution in [1.82, 2.24) is 4.98 Å². The smallest absolute Gasteiger partial charge is 0.255 e. The van der Waals surface area contributed by atoms with Crippen LogP contribution in [0, 0.1) is 0 Å². The van der Waals surface area contributed by atoms with E-state index in [1.165, 1.54) is 6.92 Å². The maximum atomic E-state index is 12.7. The second-order valence-corrected chi connectivity index (χ2v) is 8.44. The molecular weight excluding hydrogens is 482 g/mol. The van der Waals surface area contributed by atoms with Crippen molar-refractivity contribution in [2.24, 2.45) is 0 Å². The molecule has 194 valence electrons. The molecule has 4 rings (SSSR count). The molecule has 2 amide bonds. The van der Waals surface area contributed by atoms with Crippen LogP contribution in [0.2, 0.25) is 0 Å². The third kappa shape index (κ3) is 6.88. The van der Waals surface area contributed by atoms with E-state index in [9.17, 15) is 9.59 Å². The summed E-state index contributed by atoms with van der Waals surface area (Å²) in [6, 6.07) is 25.5. The summed E-state index contributed by atoms with van der Waals surface area (Å²) in [6.45, 7) is 1.88. The van der Waals surface area contributed by atoms with E-state index >= 15 is 0 Å². The van der Waals surface area contributed by atoms with Crippen molar-refractivity contribution in [2.45, 2.75) is 13.3 Å². The van der Waals surface area contributed by atoms with Crippen molar-refractivity contribution in [3.05, 3.63) is 96.1 Å². The van der Waals surface area contributed by atoms with Gasteiger partial charge in [0.1, 0.15) is 0 Å². The highest BCUT2D eigenvalue weighted by Crippen LogP contribution is 2.28. The number of amides is 2. The molecule has 0 aliphatic heterocycles. The van der Waals surface area contributed by atoms with Gasteiger partial charge in [-0.05, 0) is 60.2 Å². The number of pyridine rings is 1. The zero-order chi connectivity index (χ0) is 26.9. The first-order valence-electron chi connectivity index (χ1n) is 12.1. The second kappa shape index (κ2) is 12.4. The molecule has 1 heterocycles. The Labute approximate surface area is 221 Å². The van der Waals surface area contributed by atoms with Crippen molar-refractivity contribution < 1.29 is 23.8 Å². The molecule has 0 aliphatic rings. The van der Waals surface area contributed by atoms with E-state index in [2.05, 4.69) is 15.6 Å². The summed E-state index contributed by atoms with van der Waals surface area (Å²) in [5.74, 6) is 1.46. The summed E-state index contributed by atoms with van der Waals surface area (Å²) < 4.78 is 16.6. The maximum Gasteiger partial charge on any atom is 0.255 e. The molecule has 8 nitrogen and oxygen atoms in total. The summed E-state index contributed by atoms with van der Waals surface area (Å²) in [7, 11) is 3.22. The van der Waals surface area contributed by atoms with Crippen LogP contribution in [0.3, 0.4) is 0 Å². The largest absolute Gasteiger partial charge is 0.493 e. The van der Waals surface area contributed by atoms with E-state index in [-0.39, 0.29) is 11.8 Å². The fourth-order valence-corrected chi connectivity index (χ4v) is 3.83. The van der Waals surface area contributed by atoms with Gasteiger partial charge in [0, 0.05) is 41.9 Å². The molecule has 3 aromatic carbocycles. The van der Waals surface area contributed by atoms with Gasteiger partial charge in [0.2, 0.25) is 11.8 Å². The van der Waals surface area contributed by atoms with Crippen molar-refractivity contribution in [2.75, 3.05) is 31.5 Å². The minimum absolute atomic E-state index is 0.167. The lowest BCUT2D eigenvalue weighted by atomic mass is 10.1. The summed E-state index contributed by atoms with van der Waals surface area (Å²) in [5, 5.41) is 5.59. The van der Waals surface area contributed by atoms with Crippen LogP contribution >= 0.6 is 0 Å². The molecule has 0 saturated carbocycles. The molecule has 0 spiro atoms. The lowest BCUT2D eigenvalue weighted by Crippen LogP contribution is -2.12. The Hall–Kier alpha value is -4.85. The quantitative estimate of drug-likeness (QED) is 0.288. The topological polar surface area (TPSA) is 98.8 Å². The molecule has 0 saturated heterocycles. The Kier molecular flexibility index (Phi) is 8.56. The Morgan fingerprint density at radius 3 is 2.29 bits per heavy atom. The highest BCUT2D eigenvalue weighted by molar-refractivity contribution is 6.04. The van der Waals surface area contributed by atoms with Gasteiger partial charge in [0.25, 0.3) is 5.91 Å². The number of ether oxygens (including phenoxy) is 3. The highest BCUT2D eigenvalue weighted by Gasteiger charge is 2.09. The van der Waals surface area contributed by atoms with Gasteiger partial charge in [0.15, 0.2) is 11.5 Å². The van der Waals surface area contributed by atoms with Crippen LogP contribution in [0.1, 0.15) is 22.8 Å². The van der Waals surface area contributed by atoms with Crippen LogP contribution in [0.5, 0.6) is 17.4 Å². The monoisotopic (exact) mass is 511 g/mol. The lowest BCUT2D eigenvalue weighted by Gasteiger charge is -2.11. The minimum Gasteiger partial charge on any atom is -0.493 e. The molecule has 0 bridgehead atoms. The third-order valence-electron chi connectivity index (χ3n) is 5.70. The molecule has 0 fully saturated rings. The number of methoxy groups -OCH3 is 2. The zero-order valence-corrected chi connectivity index (χ0v) is 21.5. The lowest BCUT2D eigenvalue weighted by molar-refractivity contribution is -0.114. The number of carbonyl (C=O) groups excluding carboxylic acids is 2. The Balaban J connectivity index is 1.38. The molecule has 0 aliphatic carbocycles. The van der Waals surface area contributed by atoms with Gasteiger partial charge in [-0.25, -0.2) is 4.98 Å². The minimum atomic E-state index is -0.253. The fraction of sp³-hybridized carbons (Fsp3) is 0.167. The summed E-state index contributed by atoms with van der Waals surface area (Å²) in [4.78, 5) is 28.5. The van der Waals surface area contributed by atoms with Crippen LogP contribution in [0.4, 0.5) is 11.4 Å². The van der Waals surface area contributed by atoms with Gasteiger partial charge in [-0.1, -0.05) is 24.3 Å². The Morgan fingerprint density at radius 2 is 1.55 bits per heavy atom. The van der Waals surface area contributed by atoms with Gasteiger partial charge in [-0.15, -0.1) is 0 Å². The molecule has 8 heteroatoms. The van der Waals surface area contributed by atoms with Gasteiger partial charge < -0.3 is 24.8 Å². The third-order valence-corrected chi connectivity index (χ3v) is 5.70. The van der Waals surface area contributed by atoms with E-state index in [4.69, 9.17) is 14.2 Å². The molecule has 1 aromatic heterocycles. The average Bonchev–Trinajstić information content (AvgIpc) is 2.93. The first kappa shape index (κ1) is 26.2. The predicted octanol–water partition coefficient (Wildman–Crippen LogP) is 5.60. The normalized spacial score (nSPS) is 10.4. The fourth-order valence-electron chi connectivity index (χ4n) is 3.83. The number of anilines is 2. The first-order chi connectivity index (χ1) is 18.4. The van der Waals surface area contributed by atoms with Crippen LogP contribution in [0.25, 0.3) is 11.3 Å². The van der Waals surface area contributed by atoms with Gasteiger partial charge in [0.05, 0.1) is 26.5 Å². The van der Waals surface area contributed by atoms with E-state index in [1.54, 1.807) is 38.5 Å². The van der Waals surface area contributed by atoms with Crippen molar-refractivity contribution in [3.63, 3.8) is 0 Å². The van der Waals surface area contributed by atoms with Crippen molar-refractivity contribution in [1.29, 1.82) is 0 Å². The number of hydrogen-bond donors (Lipinski definition) is 2. The maximum absolute atomic E-state index is 12.7. The van der Waals surface area contributed by atoms with Crippen LogP contribution < -0.4 is 24.8 Å². The molecule has 0 radical (unpaired) electrons. The van der Waals surface area contributed by atoms with Gasteiger partial charge >= 0.3 is 0 Å². The zero-order valence-electron chi connectivity index (χ0n) is 21.5. The molecular formula is C30H29N3O5. The van der Waals surface area contributed by atoms with Gasteiger partial charge in [-0.2, -0.15) is 0 Å². The summed E-state index contributed by atoms with van der Waals surface area (Å²) in [5.41, 5.74) is 4.38. The Morgan fingerprint density at radius 1 is 0.789 bits per heavy atom. The van der Waals surface area contributed by atoms with E-state index < -0.39 is 0 Å². The number of hydrogen-bond acceptors (Lipinski definition) is 6. The number of aromatic nitrogens is 1. The number of rotatable bonds is 10. The number of carbonyl (C=O) groups is 2. The van der Waals surface area contributed by atoms with E-state index in [1.807, 2.05) is 60.7 Å². The Bertz CT molecular complexity index is 1420. The summed E-state index contributed by atoms with van der Waals surface area (Å²) in [6.07, 6.45) is 0.680. The number of nitrogens with one attached hydrogen (secondary N) is 2. The first-order valence-corrected chi connectivity index (χ1v) is 12.1. The highest BCUT2D eigenvalue weighted by atomic mass is 16.5. The van der Waals surface area contributed by atoms with Crippen LogP contribution in [-0.4, -0.2) is 37.6 Å². The molecule has 38 heavy (non-hydrogen) atoms. The van der Waals surface area contributed by atoms with Gasteiger partial charge in [-0.3, -0.25) is 9.59 Å². The summed E-state index contributed by atoms with van der Waals surface area (Å²) >= 11 is 0. The molecule has 0 unspecified atom stereocenters.